The number of para-hydroxylation sites is 2. The van der Waals surface area contributed by atoms with Gasteiger partial charge in [-0.2, -0.15) is 0 Å². The van der Waals surface area contributed by atoms with E-state index < -0.39 is 6.10 Å². The molecule has 2 heterocycles. The Labute approximate surface area is 171 Å². The highest BCUT2D eigenvalue weighted by Crippen LogP contribution is 2.28. The highest BCUT2D eigenvalue weighted by atomic mass is 16.5. The zero-order valence-corrected chi connectivity index (χ0v) is 16.5. The van der Waals surface area contributed by atoms with Crippen molar-refractivity contribution in [3.63, 3.8) is 0 Å². The first kappa shape index (κ1) is 19.3. The molecule has 0 spiro atoms. The molecule has 2 aromatic rings. The molecule has 2 aliphatic rings. The second-order valence-corrected chi connectivity index (χ2v) is 7.52. The molecule has 0 aliphatic carbocycles. The molecule has 0 radical (unpaired) electrons. The molecule has 0 bridgehead atoms. The van der Waals surface area contributed by atoms with Gasteiger partial charge < -0.3 is 19.9 Å². The SMILES string of the molecule is O=C(NCCCC(=O)N1CCN(c2ccccc2)CC1)C1Cc2ccccc2O1. The Balaban J connectivity index is 1.14. The van der Waals surface area contributed by atoms with E-state index in [-0.39, 0.29) is 11.8 Å². The summed E-state index contributed by atoms with van der Waals surface area (Å²) in [6, 6.07) is 18.0. The molecule has 6 heteroatoms. The molecule has 1 atom stereocenters. The largest absolute Gasteiger partial charge is 0.480 e. The average Bonchev–Trinajstić information content (AvgIpc) is 3.22. The molecule has 0 saturated carbocycles. The highest BCUT2D eigenvalue weighted by molar-refractivity contribution is 5.82. The number of anilines is 1. The van der Waals surface area contributed by atoms with Gasteiger partial charge in [-0.1, -0.05) is 36.4 Å². The van der Waals surface area contributed by atoms with Crippen molar-refractivity contribution in [1.29, 1.82) is 0 Å². The minimum Gasteiger partial charge on any atom is -0.480 e. The molecular weight excluding hydrogens is 366 g/mol. The van der Waals surface area contributed by atoms with Gasteiger partial charge in [-0.15, -0.1) is 0 Å². The third kappa shape index (κ3) is 4.70. The van der Waals surface area contributed by atoms with Crippen LogP contribution in [0, 0.1) is 0 Å². The molecule has 29 heavy (non-hydrogen) atoms. The zero-order chi connectivity index (χ0) is 20.1. The molecule has 0 aromatic heterocycles. The van der Waals surface area contributed by atoms with Gasteiger partial charge in [0.15, 0.2) is 6.10 Å². The molecule has 6 nitrogen and oxygen atoms in total. The number of piperazine rings is 1. The lowest BCUT2D eigenvalue weighted by Crippen LogP contribution is -2.48. The maximum absolute atomic E-state index is 12.5. The molecular formula is C23H27N3O3. The van der Waals surface area contributed by atoms with Gasteiger partial charge >= 0.3 is 0 Å². The quantitative estimate of drug-likeness (QED) is 0.765. The molecule has 4 rings (SSSR count). The fraction of sp³-hybridized carbons (Fsp3) is 0.391. The normalized spacial score (nSPS) is 18.1. The summed E-state index contributed by atoms with van der Waals surface area (Å²) in [5, 5.41) is 2.90. The number of nitrogens with zero attached hydrogens (tertiary/aromatic N) is 2. The highest BCUT2D eigenvalue weighted by Gasteiger charge is 2.28. The Morgan fingerprint density at radius 1 is 0.966 bits per heavy atom. The maximum atomic E-state index is 12.5. The summed E-state index contributed by atoms with van der Waals surface area (Å²) in [7, 11) is 0. The van der Waals surface area contributed by atoms with Crippen molar-refractivity contribution in [2.24, 2.45) is 0 Å². The van der Waals surface area contributed by atoms with Crippen molar-refractivity contribution in [3.8, 4) is 5.75 Å². The monoisotopic (exact) mass is 393 g/mol. The van der Waals surface area contributed by atoms with Crippen molar-refractivity contribution >= 4 is 17.5 Å². The van der Waals surface area contributed by atoms with E-state index in [1.807, 2.05) is 47.4 Å². The van der Waals surface area contributed by atoms with Crippen LogP contribution in [0.1, 0.15) is 18.4 Å². The Bertz CT molecular complexity index is 822. The third-order valence-corrected chi connectivity index (χ3v) is 5.56. The molecule has 2 amide bonds. The second-order valence-electron chi connectivity index (χ2n) is 7.52. The van der Waals surface area contributed by atoms with Gasteiger partial charge in [0, 0.05) is 51.3 Å². The fourth-order valence-electron chi connectivity index (χ4n) is 3.90. The lowest BCUT2D eigenvalue weighted by molar-refractivity contribution is -0.132. The number of carbonyl (C=O) groups is 2. The maximum Gasteiger partial charge on any atom is 0.261 e. The Hall–Kier alpha value is -3.02. The number of ether oxygens (including phenoxy) is 1. The van der Waals surface area contributed by atoms with Crippen LogP contribution in [0.25, 0.3) is 0 Å². The first-order valence-corrected chi connectivity index (χ1v) is 10.3. The molecule has 152 valence electrons. The molecule has 1 saturated heterocycles. The molecule has 1 unspecified atom stereocenters. The number of nitrogens with one attached hydrogen (secondary N) is 1. The van der Waals surface area contributed by atoms with Crippen LogP contribution in [0.15, 0.2) is 54.6 Å². The number of carbonyl (C=O) groups excluding carboxylic acids is 2. The Morgan fingerprint density at radius 3 is 2.45 bits per heavy atom. The van der Waals surface area contributed by atoms with Crippen LogP contribution in [0.5, 0.6) is 5.75 Å². The summed E-state index contributed by atoms with van der Waals surface area (Å²) in [6.07, 6.45) is 1.24. The second kappa shape index (κ2) is 8.99. The van der Waals surface area contributed by atoms with Gasteiger partial charge in [0.25, 0.3) is 5.91 Å². The van der Waals surface area contributed by atoms with Crippen molar-refractivity contribution in [3.05, 3.63) is 60.2 Å². The first-order valence-electron chi connectivity index (χ1n) is 10.3. The van der Waals surface area contributed by atoms with Crippen LogP contribution in [0.4, 0.5) is 5.69 Å². The summed E-state index contributed by atoms with van der Waals surface area (Å²) < 4.78 is 5.70. The minimum absolute atomic E-state index is 0.106. The lowest BCUT2D eigenvalue weighted by atomic mass is 10.1. The van der Waals surface area contributed by atoms with E-state index in [9.17, 15) is 9.59 Å². The van der Waals surface area contributed by atoms with Crippen molar-refractivity contribution in [2.75, 3.05) is 37.6 Å². The predicted octanol–water partition coefficient (Wildman–Crippen LogP) is 2.24. The number of hydrogen-bond acceptors (Lipinski definition) is 4. The summed E-state index contributed by atoms with van der Waals surface area (Å²) in [5.41, 5.74) is 2.27. The number of fused-ring (bicyclic) bond motifs is 1. The fourth-order valence-corrected chi connectivity index (χ4v) is 3.90. The number of benzene rings is 2. The van der Waals surface area contributed by atoms with Crippen LogP contribution in [0.2, 0.25) is 0 Å². The van der Waals surface area contributed by atoms with Gasteiger partial charge in [0.1, 0.15) is 5.75 Å². The Kier molecular flexibility index (Phi) is 5.98. The van der Waals surface area contributed by atoms with Crippen molar-refractivity contribution < 1.29 is 14.3 Å². The Morgan fingerprint density at radius 2 is 1.69 bits per heavy atom. The van der Waals surface area contributed by atoms with E-state index in [0.29, 0.717) is 25.8 Å². The smallest absolute Gasteiger partial charge is 0.261 e. The zero-order valence-electron chi connectivity index (χ0n) is 16.5. The summed E-state index contributed by atoms with van der Waals surface area (Å²) in [5.74, 6) is 0.846. The number of amides is 2. The number of hydrogen-bond donors (Lipinski definition) is 1. The third-order valence-electron chi connectivity index (χ3n) is 5.56. The summed E-state index contributed by atoms with van der Waals surface area (Å²) in [4.78, 5) is 29.0. The molecule has 2 aromatic carbocycles. The van der Waals surface area contributed by atoms with Crippen LogP contribution < -0.4 is 15.0 Å². The summed E-state index contributed by atoms with van der Waals surface area (Å²) in [6.45, 7) is 3.69. The van der Waals surface area contributed by atoms with E-state index >= 15 is 0 Å². The average molecular weight is 393 g/mol. The first-order chi connectivity index (χ1) is 14.2. The van der Waals surface area contributed by atoms with Gasteiger partial charge in [-0.3, -0.25) is 9.59 Å². The summed E-state index contributed by atoms with van der Waals surface area (Å²) >= 11 is 0. The molecule has 1 fully saturated rings. The van der Waals surface area contributed by atoms with E-state index in [4.69, 9.17) is 4.74 Å². The topological polar surface area (TPSA) is 61.9 Å². The van der Waals surface area contributed by atoms with Crippen molar-refractivity contribution in [1.82, 2.24) is 10.2 Å². The van der Waals surface area contributed by atoms with Crippen LogP contribution in [0.3, 0.4) is 0 Å². The van der Waals surface area contributed by atoms with Gasteiger partial charge in [-0.05, 0) is 30.2 Å². The van der Waals surface area contributed by atoms with E-state index in [2.05, 4.69) is 22.3 Å². The van der Waals surface area contributed by atoms with Crippen LogP contribution >= 0.6 is 0 Å². The lowest BCUT2D eigenvalue weighted by Gasteiger charge is -2.36. The van der Waals surface area contributed by atoms with E-state index in [1.54, 1.807) is 0 Å². The van der Waals surface area contributed by atoms with Crippen molar-refractivity contribution in [2.45, 2.75) is 25.4 Å². The minimum atomic E-state index is -0.464. The van der Waals surface area contributed by atoms with Crippen LogP contribution in [-0.2, 0) is 16.0 Å². The van der Waals surface area contributed by atoms with Gasteiger partial charge in [0.2, 0.25) is 5.91 Å². The van der Waals surface area contributed by atoms with E-state index in [0.717, 1.165) is 37.5 Å². The number of rotatable bonds is 6. The molecule has 1 N–H and O–H groups in total. The van der Waals surface area contributed by atoms with E-state index in [1.165, 1.54) is 5.69 Å². The standard InChI is InChI=1S/C23H27N3O3/c27-22(26-15-13-25(14-16-26)19-8-2-1-3-9-19)11-6-12-24-23(28)21-17-18-7-4-5-10-20(18)29-21/h1-5,7-10,21H,6,11-17H2,(H,24,28). The van der Waals surface area contributed by atoms with Crippen LogP contribution in [-0.4, -0.2) is 55.5 Å². The predicted molar refractivity (Wildman–Crippen MR) is 112 cm³/mol. The van der Waals surface area contributed by atoms with Gasteiger partial charge in [-0.25, -0.2) is 0 Å². The van der Waals surface area contributed by atoms with Gasteiger partial charge in [0.05, 0.1) is 0 Å². The molecule has 2 aliphatic heterocycles.